The Hall–Kier alpha value is -3.87. The lowest BCUT2D eigenvalue weighted by Crippen LogP contribution is -2.36. The van der Waals surface area contributed by atoms with E-state index in [4.69, 9.17) is 8.92 Å². The topological polar surface area (TPSA) is 119 Å². The zero-order chi connectivity index (χ0) is 35.0. The van der Waals surface area contributed by atoms with Crippen LogP contribution in [0.2, 0.25) is 0 Å². The van der Waals surface area contributed by atoms with Gasteiger partial charge in [-0.05, 0) is 112 Å². The van der Waals surface area contributed by atoms with Crippen LogP contribution in [0.1, 0.15) is 118 Å². The number of benzene rings is 1. The molecule has 262 valence electrons. The van der Waals surface area contributed by atoms with Gasteiger partial charge >= 0.3 is 21.7 Å². The number of likely N-dealkylation sites (tertiary alicyclic amines) is 1. The number of carbonyl (C=O) groups excluding carboxylic acids is 2. The summed E-state index contributed by atoms with van der Waals surface area (Å²) in [6.45, 7) is 10.4. The molecule has 3 fully saturated rings. The minimum Gasteiger partial charge on any atom is -0.444 e. The number of carbonyl (C=O) groups is 2. The predicted octanol–water partition coefficient (Wildman–Crippen LogP) is 8.10. The lowest BCUT2D eigenvalue weighted by molar-refractivity contribution is -0.122. The quantitative estimate of drug-likeness (QED) is 0.248. The summed E-state index contributed by atoms with van der Waals surface area (Å²) in [6, 6.07) is 2.68. The number of hydrogen-bond acceptors (Lipinski definition) is 7. The van der Waals surface area contributed by atoms with Crippen molar-refractivity contribution >= 4 is 33.1 Å². The molecule has 4 unspecified atom stereocenters. The molecule has 2 heterocycles. The van der Waals surface area contributed by atoms with Crippen LogP contribution in [-0.4, -0.2) is 52.8 Å². The van der Waals surface area contributed by atoms with Crippen LogP contribution in [0.4, 0.5) is 18.0 Å². The number of H-pyrrole nitrogens is 1. The largest absolute Gasteiger partial charge is 0.534 e. The van der Waals surface area contributed by atoms with E-state index < -0.39 is 27.3 Å². The van der Waals surface area contributed by atoms with E-state index in [1.165, 1.54) is 6.07 Å². The number of alkyl halides is 3. The van der Waals surface area contributed by atoms with Crippen molar-refractivity contribution in [3.63, 3.8) is 0 Å². The Morgan fingerprint density at radius 3 is 2.45 bits per heavy atom. The van der Waals surface area contributed by atoms with E-state index in [2.05, 4.69) is 16.5 Å². The van der Waals surface area contributed by atoms with Crippen molar-refractivity contribution in [3.05, 3.63) is 70.8 Å². The van der Waals surface area contributed by atoms with Crippen molar-refractivity contribution in [3.8, 4) is 5.75 Å². The zero-order valence-electron chi connectivity index (χ0n) is 27.7. The summed E-state index contributed by atoms with van der Waals surface area (Å²) in [6.07, 6.45) is 10.7. The molecule has 9 nitrogen and oxygen atoms in total. The smallest absolute Gasteiger partial charge is 0.444 e. The summed E-state index contributed by atoms with van der Waals surface area (Å²) < 4.78 is 74.2. The molecule has 1 aliphatic heterocycles. The second-order valence-electron chi connectivity index (χ2n) is 14.9. The number of ether oxygens (including phenoxy) is 1. The first-order valence-corrected chi connectivity index (χ1v) is 18.3. The number of allylic oxidation sites excluding steroid dienone is 5. The molecular weight excluding hydrogens is 659 g/mol. The molecule has 5 atom stereocenters. The number of fused-ring (bicyclic) bond motifs is 7. The third-order valence-electron chi connectivity index (χ3n) is 10.6. The second kappa shape index (κ2) is 11.9. The lowest BCUT2D eigenvalue weighted by Gasteiger charge is -2.27. The number of aromatic amines is 1. The number of halogens is 3. The zero-order valence-corrected chi connectivity index (χ0v) is 28.5. The Kier molecular flexibility index (Phi) is 8.15. The molecule has 0 spiro atoms. The number of rotatable bonds is 5. The fourth-order valence-electron chi connectivity index (χ4n) is 8.49. The summed E-state index contributed by atoms with van der Waals surface area (Å²) in [7, 11) is -5.84. The summed E-state index contributed by atoms with van der Waals surface area (Å²) in [4.78, 5) is 36.5. The van der Waals surface area contributed by atoms with Crippen molar-refractivity contribution in [1.29, 1.82) is 0 Å². The van der Waals surface area contributed by atoms with Gasteiger partial charge in [0, 0.05) is 29.5 Å². The summed E-state index contributed by atoms with van der Waals surface area (Å²) in [5.41, 5.74) is -1.12. The van der Waals surface area contributed by atoms with E-state index in [-0.39, 0.29) is 41.2 Å². The van der Waals surface area contributed by atoms with Crippen LogP contribution in [0.15, 0.2) is 42.6 Å². The Labute approximate surface area is 283 Å². The van der Waals surface area contributed by atoms with Gasteiger partial charge in [0.05, 0.1) is 17.9 Å². The van der Waals surface area contributed by atoms with Crippen LogP contribution in [0.3, 0.4) is 0 Å². The summed E-state index contributed by atoms with van der Waals surface area (Å²) in [5.74, 6) is -0.223. The Morgan fingerprint density at radius 2 is 1.73 bits per heavy atom. The average molecular weight is 700 g/mol. The van der Waals surface area contributed by atoms with Crippen LogP contribution < -0.4 is 4.18 Å². The van der Waals surface area contributed by atoms with E-state index in [1.807, 2.05) is 32.9 Å². The first-order valence-electron chi connectivity index (χ1n) is 16.9. The highest BCUT2D eigenvalue weighted by atomic mass is 32.2. The first kappa shape index (κ1) is 33.6. The van der Waals surface area contributed by atoms with Gasteiger partial charge in [-0.3, -0.25) is 9.69 Å². The molecule has 13 heteroatoms. The number of Topliss-reactive ketones (excluding diaryl/α,β-unsaturated/α-hetero) is 1. The maximum atomic E-state index is 13.8. The third-order valence-corrected chi connectivity index (χ3v) is 11.6. The number of aromatic nitrogens is 2. The van der Waals surface area contributed by atoms with Crippen molar-refractivity contribution in [2.45, 2.75) is 101 Å². The molecule has 1 N–H and O–H groups in total. The van der Waals surface area contributed by atoms with Crippen molar-refractivity contribution in [2.24, 2.45) is 11.8 Å². The predicted molar refractivity (Wildman–Crippen MR) is 176 cm³/mol. The molecule has 2 saturated carbocycles. The molecule has 7 rings (SSSR count). The van der Waals surface area contributed by atoms with Gasteiger partial charge in [0.1, 0.15) is 23.0 Å². The molecule has 49 heavy (non-hydrogen) atoms. The summed E-state index contributed by atoms with van der Waals surface area (Å²) >= 11 is 0. The van der Waals surface area contributed by atoms with Crippen LogP contribution >= 0.6 is 0 Å². The Balaban J connectivity index is 1.27. The van der Waals surface area contributed by atoms with E-state index in [0.29, 0.717) is 60.5 Å². The van der Waals surface area contributed by atoms with Gasteiger partial charge in [0.25, 0.3) is 0 Å². The average Bonchev–Trinajstić information content (AvgIpc) is 3.85. The van der Waals surface area contributed by atoms with Gasteiger partial charge in [0.2, 0.25) is 0 Å². The molecule has 0 radical (unpaired) electrons. The fourth-order valence-corrected chi connectivity index (χ4v) is 8.97. The maximum absolute atomic E-state index is 13.8. The van der Waals surface area contributed by atoms with Crippen molar-refractivity contribution < 1.29 is 40.1 Å². The third kappa shape index (κ3) is 6.01. The van der Waals surface area contributed by atoms with Gasteiger partial charge in [-0.25, -0.2) is 9.78 Å². The molecule has 4 aliphatic carbocycles. The molecule has 5 aliphatic rings. The van der Waals surface area contributed by atoms with Crippen LogP contribution in [0, 0.1) is 11.8 Å². The minimum atomic E-state index is -5.84. The van der Waals surface area contributed by atoms with Crippen LogP contribution in [0.5, 0.6) is 5.75 Å². The maximum Gasteiger partial charge on any atom is 0.534 e. The number of imidazole rings is 1. The highest BCUT2D eigenvalue weighted by Crippen LogP contribution is 2.59. The molecular formula is C36H40F3N3O6S. The SMILES string of the molecule is C=C1/C(c2cnc([C@@H]3CCCN3C(=O)OC(C)(C)C)[nH]2)=C\C=C(\c2ccc(OS(=O)(=O)C(F)(F)F)c3c2C2CCC3C2)CC2CCC1C2=O. The van der Waals surface area contributed by atoms with E-state index in [0.717, 1.165) is 42.4 Å². The van der Waals surface area contributed by atoms with Gasteiger partial charge in [-0.15, -0.1) is 0 Å². The number of ketones is 1. The molecule has 1 aromatic carbocycles. The Bertz CT molecular complexity index is 1900. The van der Waals surface area contributed by atoms with Crippen LogP contribution in [0.25, 0.3) is 11.1 Å². The standard InChI is InChI=1S/C36H40F3N3O6S/c1-19-24(27-18-40-33(41-27)28-6-5-15-42(28)34(44)47-35(2,3)4)11-9-20(16-23-10-12-25(19)32(23)43)26-13-14-29(48-49(45,46)36(37,38)39)31-22-8-7-21(17-22)30(26)31/h9,11,13-14,18,21-23,25,28H,1,5-8,10,12,15-17H2,2-4H3,(H,40,41)/b20-9+,24-11+/t21?,22?,23?,25?,28-/m0/s1. The van der Waals surface area contributed by atoms with E-state index in [9.17, 15) is 31.2 Å². The molecule has 1 amide bonds. The van der Waals surface area contributed by atoms with Gasteiger partial charge in [-0.2, -0.15) is 21.6 Å². The molecule has 1 aromatic heterocycles. The van der Waals surface area contributed by atoms with Crippen molar-refractivity contribution in [1.82, 2.24) is 14.9 Å². The second-order valence-corrected chi connectivity index (χ2v) is 16.4. The highest BCUT2D eigenvalue weighted by Gasteiger charge is 2.50. The van der Waals surface area contributed by atoms with E-state index in [1.54, 1.807) is 17.2 Å². The lowest BCUT2D eigenvalue weighted by atomic mass is 9.82. The van der Waals surface area contributed by atoms with Crippen molar-refractivity contribution in [2.75, 3.05) is 6.54 Å². The summed E-state index contributed by atoms with van der Waals surface area (Å²) in [5, 5.41) is 0. The molecule has 2 aromatic rings. The minimum absolute atomic E-state index is 0.0561. The van der Waals surface area contributed by atoms with Crippen LogP contribution in [-0.2, 0) is 19.6 Å². The van der Waals surface area contributed by atoms with Gasteiger partial charge < -0.3 is 13.9 Å². The fraction of sp³-hybridized carbons (Fsp3) is 0.528. The number of nitrogens with one attached hydrogen (secondary N) is 1. The number of hydrogen-bond donors (Lipinski definition) is 1. The Morgan fingerprint density at radius 1 is 1.02 bits per heavy atom. The number of amides is 1. The normalized spacial score (nSPS) is 29.1. The van der Waals surface area contributed by atoms with E-state index >= 15 is 0 Å². The van der Waals surface area contributed by atoms with Gasteiger partial charge in [-0.1, -0.05) is 24.8 Å². The highest BCUT2D eigenvalue weighted by molar-refractivity contribution is 7.88. The van der Waals surface area contributed by atoms with Gasteiger partial charge in [0.15, 0.2) is 0 Å². The molecule has 1 saturated heterocycles. The number of nitrogens with zero attached hydrogens (tertiary/aromatic N) is 2. The first-order chi connectivity index (χ1) is 23.0. The monoisotopic (exact) mass is 699 g/mol. The molecule has 4 bridgehead atoms.